The van der Waals surface area contributed by atoms with E-state index in [-0.39, 0.29) is 12.1 Å². The van der Waals surface area contributed by atoms with Crippen LogP contribution in [-0.4, -0.2) is 54.2 Å². The van der Waals surface area contributed by atoms with E-state index in [4.69, 9.17) is 14.5 Å². The van der Waals surface area contributed by atoms with Gasteiger partial charge in [-0.1, -0.05) is 24.8 Å². The van der Waals surface area contributed by atoms with E-state index >= 15 is 0 Å². The highest BCUT2D eigenvalue weighted by atomic mass is 32.2. The fourth-order valence-corrected chi connectivity index (χ4v) is 5.89. The largest absolute Gasteiger partial charge is 0.496 e. The maximum absolute atomic E-state index is 5.93. The number of ether oxygens (including phenoxy) is 2. The summed E-state index contributed by atoms with van der Waals surface area (Å²) >= 11 is 1.85. The average Bonchev–Trinajstić information content (AvgIpc) is 3.49. The van der Waals surface area contributed by atoms with Gasteiger partial charge in [-0.2, -0.15) is 0 Å². The number of hydrogen-bond donors (Lipinski definition) is 0. The van der Waals surface area contributed by atoms with Crippen molar-refractivity contribution in [3.63, 3.8) is 0 Å². The second kappa shape index (κ2) is 8.02. The molecule has 3 aliphatic heterocycles. The fraction of sp³-hybridized carbons (Fsp3) is 0.478. The molecule has 0 aliphatic carbocycles. The highest BCUT2D eigenvalue weighted by molar-refractivity contribution is 8.14. The van der Waals surface area contributed by atoms with Gasteiger partial charge in [0.2, 0.25) is 0 Å². The smallest absolute Gasteiger partial charge is 0.160 e. The summed E-state index contributed by atoms with van der Waals surface area (Å²) in [6.45, 7) is 5.35. The monoisotopic (exact) mass is 424 g/mol. The Labute approximate surface area is 182 Å². The lowest BCUT2D eigenvalue weighted by Crippen LogP contribution is -2.29. The molecule has 0 amide bonds. The molecule has 30 heavy (non-hydrogen) atoms. The van der Waals surface area contributed by atoms with Gasteiger partial charge in [0.15, 0.2) is 5.17 Å². The zero-order chi connectivity index (χ0) is 20.7. The molecule has 0 spiro atoms. The van der Waals surface area contributed by atoms with E-state index < -0.39 is 0 Å². The lowest BCUT2D eigenvalue weighted by molar-refractivity contribution is 0.306. The number of pyridine rings is 1. The van der Waals surface area contributed by atoms with E-state index in [1.807, 2.05) is 30.1 Å². The summed E-state index contributed by atoms with van der Waals surface area (Å²) in [5, 5.41) is 1.63. The molecule has 3 aliphatic rings. The van der Waals surface area contributed by atoms with E-state index in [1.54, 1.807) is 14.2 Å². The first-order chi connectivity index (χ1) is 14.7. The van der Waals surface area contributed by atoms with Gasteiger partial charge in [-0.25, -0.2) is 0 Å². The van der Waals surface area contributed by atoms with E-state index in [2.05, 4.69) is 39.9 Å². The Morgan fingerprint density at radius 1 is 1.07 bits per heavy atom. The molecule has 6 nitrogen and oxygen atoms in total. The standard InChI is InChI=1S/C23H28N4O2S/c1-15-14-27-22(21(25-23(27)30-15)17-8-4-5-9-24-17)16-12-20(29-3)18(13-19(16)28-2)26-10-6-7-11-26/h4-5,8-9,12-13,15,21-22H,6-7,10-11,14H2,1-3H3/t15-,21+,22+/m0/s1. The zero-order valence-electron chi connectivity index (χ0n) is 17.7. The van der Waals surface area contributed by atoms with Crippen LogP contribution in [0.25, 0.3) is 0 Å². The van der Waals surface area contributed by atoms with Crippen molar-refractivity contribution in [1.29, 1.82) is 0 Å². The summed E-state index contributed by atoms with van der Waals surface area (Å²) in [4.78, 5) is 14.5. The van der Waals surface area contributed by atoms with Gasteiger partial charge in [-0.3, -0.25) is 9.98 Å². The maximum atomic E-state index is 5.93. The topological polar surface area (TPSA) is 50.2 Å². The molecule has 0 bridgehead atoms. The fourth-order valence-electron chi connectivity index (χ4n) is 4.80. The number of rotatable bonds is 5. The van der Waals surface area contributed by atoms with Crippen LogP contribution in [-0.2, 0) is 0 Å². The highest BCUT2D eigenvalue weighted by Crippen LogP contribution is 2.51. The number of benzene rings is 1. The maximum Gasteiger partial charge on any atom is 0.160 e. The average molecular weight is 425 g/mol. The molecule has 0 unspecified atom stereocenters. The Morgan fingerprint density at radius 3 is 2.57 bits per heavy atom. The van der Waals surface area contributed by atoms with E-state index in [0.29, 0.717) is 5.25 Å². The molecule has 0 N–H and O–H groups in total. The molecular weight excluding hydrogens is 396 g/mol. The van der Waals surface area contributed by atoms with Crippen LogP contribution in [0.3, 0.4) is 0 Å². The second-order valence-corrected chi connectivity index (χ2v) is 9.50. The molecule has 4 heterocycles. The molecule has 7 heteroatoms. The first kappa shape index (κ1) is 19.5. The number of aromatic nitrogens is 1. The summed E-state index contributed by atoms with van der Waals surface area (Å²) in [5.74, 6) is 1.80. The van der Waals surface area contributed by atoms with Gasteiger partial charge in [-0.05, 0) is 31.0 Å². The van der Waals surface area contributed by atoms with Gasteiger partial charge in [0.1, 0.15) is 17.5 Å². The number of aliphatic imine (C=N–C) groups is 1. The number of fused-ring (bicyclic) bond motifs is 1. The summed E-state index contributed by atoms with van der Waals surface area (Å²) in [5.41, 5.74) is 3.22. The number of nitrogens with zero attached hydrogens (tertiary/aromatic N) is 4. The summed E-state index contributed by atoms with van der Waals surface area (Å²) < 4.78 is 11.8. The van der Waals surface area contributed by atoms with Gasteiger partial charge in [0.25, 0.3) is 0 Å². The van der Waals surface area contributed by atoms with Crippen molar-refractivity contribution in [1.82, 2.24) is 9.88 Å². The van der Waals surface area contributed by atoms with E-state index in [9.17, 15) is 0 Å². The van der Waals surface area contributed by atoms with Crippen LogP contribution >= 0.6 is 11.8 Å². The molecular formula is C23H28N4O2S. The summed E-state index contributed by atoms with van der Waals surface area (Å²) in [7, 11) is 3.51. The summed E-state index contributed by atoms with van der Waals surface area (Å²) in [6.07, 6.45) is 4.29. The molecule has 2 aromatic rings. The molecule has 1 aromatic carbocycles. The van der Waals surface area contributed by atoms with E-state index in [0.717, 1.165) is 53.2 Å². The van der Waals surface area contributed by atoms with Crippen molar-refractivity contribution in [2.24, 2.45) is 4.99 Å². The van der Waals surface area contributed by atoms with Gasteiger partial charge >= 0.3 is 0 Å². The first-order valence-corrected chi connectivity index (χ1v) is 11.5. The van der Waals surface area contributed by atoms with Gasteiger partial charge in [-0.15, -0.1) is 0 Å². The third-order valence-corrected chi connectivity index (χ3v) is 7.28. The van der Waals surface area contributed by atoms with Crippen molar-refractivity contribution >= 4 is 22.6 Å². The quantitative estimate of drug-likeness (QED) is 0.714. The number of amidine groups is 1. The molecule has 2 saturated heterocycles. The van der Waals surface area contributed by atoms with Crippen molar-refractivity contribution in [2.45, 2.75) is 37.1 Å². The Bertz CT molecular complexity index is 946. The Balaban J connectivity index is 1.61. The third-order valence-electron chi connectivity index (χ3n) is 6.18. The number of anilines is 1. The van der Waals surface area contributed by atoms with Crippen LogP contribution < -0.4 is 14.4 Å². The van der Waals surface area contributed by atoms with Crippen molar-refractivity contribution in [3.05, 3.63) is 47.8 Å². The first-order valence-electron chi connectivity index (χ1n) is 10.6. The molecule has 3 atom stereocenters. The van der Waals surface area contributed by atoms with Crippen LogP contribution in [0.15, 0.2) is 41.5 Å². The lowest BCUT2D eigenvalue weighted by Gasteiger charge is -2.30. The molecule has 0 saturated carbocycles. The second-order valence-electron chi connectivity index (χ2n) is 8.10. The highest BCUT2D eigenvalue weighted by Gasteiger charge is 2.45. The van der Waals surface area contributed by atoms with Crippen molar-refractivity contribution in [3.8, 4) is 11.5 Å². The van der Waals surface area contributed by atoms with Crippen molar-refractivity contribution < 1.29 is 9.47 Å². The van der Waals surface area contributed by atoms with Crippen LogP contribution in [0.5, 0.6) is 11.5 Å². The Kier molecular flexibility index (Phi) is 5.23. The number of thioether (sulfide) groups is 1. The van der Waals surface area contributed by atoms with Crippen LogP contribution in [0.4, 0.5) is 5.69 Å². The van der Waals surface area contributed by atoms with Gasteiger partial charge < -0.3 is 19.3 Å². The predicted molar refractivity (Wildman–Crippen MR) is 122 cm³/mol. The third kappa shape index (κ3) is 3.29. The minimum absolute atomic E-state index is 0.0452. The molecule has 2 fully saturated rings. The van der Waals surface area contributed by atoms with Crippen LogP contribution in [0, 0.1) is 0 Å². The lowest BCUT2D eigenvalue weighted by atomic mass is 9.94. The summed E-state index contributed by atoms with van der Waals surface area (Å²) in [6, 6.07) is 10.4. The minimum Gasteiger partial charge on any atom is -0.496 e. The van der Waals surface area contributed by atoms with Crippen LogP contribution in [0.2, 0.25) is 0 Å². The number of hydrogen-bond acceptors (Lipinski definition) is 7. The minimum atomic E-state index is -0.0579. The Morgan fingerprint density at radius 2 is 1.87 bits per heavy atom. The van der Waals surface area contributed by atoms with Gasteiger partial charge in [0.05, 0.1) is 31.6 Å². The van der Waals surface area contributed by atoms with Crippen molar-refractivity contribution in [2.75, 3.05) is 38.8 Å². The molecule has 1 aromatic heterocycles. The van der Waals surface area contributed by atoms with Gasteiger partial charge in [0, 0.05) is 42.7 Å². The molecule has 5 rings (SSSR count). The normalized spacial score (nSPS) is 25.4. The predicted octanol–water partition coefficient (Wildman–Crippen LogP) is 4.29. The number of methoxy groups -OCH3 is 2. The molecule has 158 valence electrons. The zero-order valence-corrected chi connectivity index (χ0v) is 18.6. The SMILES string of the molecule is COc1cc(N2CCCC2)c(OC)cc1[C@@H]1[C@@H](c2ccccn2)N=C2S[C@@H](C)CN21. The van der Waals surface area contributed by atoms with E-state index in [1.165, 1.54) is 12.8 Å². The molecule has 0 radical (unpaired) electrons. The Hall–Kier alpha value is -2.41. The van der Waals surface area contributed by atoms with Crippen LogP contribution in [0.1, 0.15) is 43.1 Å².